The van der Waals surface area contributed by atoms with E-state index in [4.69, 9.17) is 9.40 Å². The molecule has 1 atom stereocenters. The molecule has 8 aromatic carbocycles. The lowest BCUT2D eigenvalue weighted by atomic mass is 9.70. The summed E-state index contributed by atoms with van der Waals surface area (Å²) in [6.45, 7) is 0. The average molecular weight is 738 g/mol. The van der Waals surface area contributed by atoms with Crippen molar-refractivity contribution in [3.8, 4) is 78.3 Å². The molecule has 0 aliphatic heterocycles. The zero-order valence-electron chi connectivity index (χ0n) is 31.6. The lowest BCUT2D eigenvalue weighted by Crippen LogP contribution is -2.25. The first-order valence-corrected chi connectivity index (χ1v) is 20.0. The van der Waals surface area contributed by atoms with Crippen molar-refractivity contribution < 1.29 is 4.42 Å². The van der Waals surface area contributed by atoms with Crippen molar-refractivity contribution in [2.24, 2.45) is 0 Å². The molecule has 2 nitrogen and oxygen atoms in total. The molecule has 0 saturated heterocycles. The average Bonchev–Trinajstić information content (AvgIpc) is 3.93. The molecule has 0 bridgehead atoms. The van der Waals surface area contributed by atoms with E-state index in [1.165, 1.54) is 66.6 Å². The molecule has 0 amide bonds. The van der Waals surface area contributed by atoms with Gasteiger partial charge in [0.15, 0.2) is 0 Å². The van der Waals surface area contributed by atoms with Gasteiger partial charge in [0.2, 0.25) is 0 Å². The molecule has 0 fully saturated rings. The Morgan fingerprint density at radius 1 is 0.345 bits per heavy atom. The van der Waals surface area contributed by atoms with Gasteiger partial charge < -0.3 is 4.42 Å². The van der Waals surface area contributed by atoms with Crippen molar-refractivity contribution in [3.05, 3.63) is 235 Å². The molecule has 2 aliphatic carbocycles. The van der Waals surface area contributed by atoms with Crippen molar-refractivity contribution >= 4 is 11.0 Å². The van der Waals surface area contributed by atoms with E-state index in [-0.39, 0.29) is 0 Å². The highest BCUT2D eigenvalue weighted by atomic mass is 16.3. The summed E-state index contributed by atoms with van der Waals surface area (Å²) in [5, 5.41) is 1.17. The third-order valence-corrected chi connectivity index (χ3v) is 12.3. The minimum absolute atomic E-state index is 0.490. The summed E-state index contributed by atoms with van der Waals surface area (Å²) in [5.74, 6) is 0.977. The van der Waals surface area contributed by atoms with Crippen LogP contribution in [0.5, 0.6) is 0 Å². The molecule has 58 heavy (non-hydrogen) atoms. The minimum Gasteiger partial charge on any atom is -0.456 e. The summed E-state index contributed by atoms with van der Waals surface area (Å²) in [6, 6.07) is 76.5. The van der Waals surface area contributed by atoms with E-state index < -0.39 is 5.41 Å². The van der Waals surface area contributed by atoms with Crippen LogP contribution >= 0.6 is 0 Å². The van der Waals surface area contributed by atoms with Crippen molar-refractivity contribution in [1.29, 1.82) is 0 Å². The van der Waals surface area contributed by atoms with Crippen molar-refractivity contribution in [1.82, 2.24) is 4.98 Å². The van der Waals surface area contributed by atoms with Gasteiger partial charge in [-0.3, -0.25) is 0 Å². The van der Waals surface area contributed by atoms with Crippen LogP contribution in [0.3, 0.4) is 0 Å². The maximum atomic E-state index is 6.72. The SMILES string of the molecule is c1ccc(-c2cccc(-c3cc(-c4ccccc4)cc(-c4ccc(-c5cccc6c5-c5ccccc5[C@@]65c6ccccc6-c6oc7ccccc7c65)cc4)n3)c2)cc1. The van der Waals surface area contributed by atoms with Gasteiger partial charge in [-0.2, -0.15) is 0 Å². The second-order valence-corrected chi connectivity index (χ2v) is 15.4. The van der Waals surface area contributed by atoms with Gasteiger partial charge in [0.1, 0.15) is 11.3 Å². The molecule has 1 spiro atoms. The largest absolute Gasteiger partial charge is 0.456 e. The van der Waals surface area contributed by atoms with E-state index in [0.717, 1.165) is 45.0 Å². The topological polar surface area (TPSA) is 26.0 Å². The fourth-order valence-electron chi connectivity index (χ4n) is 9.81. The quantitative estimate of drug-likeness (QED) is 0.176. The van der Waals surface area contributed by atoms with Gasteiger partial charge in [0.05, 0.1) is 16.8 Å². The molecule has 2 heterocycles. The molecule has 2 aromatic heterocycles. The van der Waals surface area contributed by atoms with Crippen LogP contribution in [0, 0.1) is 0 Å². The molecular formula is C56H35NO. The van der Waals surface area contributed by atoms with Crippen molar-refractivity contribution in [2.75, 3.05) is 0 Å². The van der Waals surface area contributed by atoms with E-state index in [1.54, 1.807) is 0 Å². The molecule has 2 heteroatoms. The highest BCUT2D eigenvalue weighted by Crippen LogP contribution is 2.65. The van der Waals surface area contributed by atoms with E-state index in [1.807, 2.05) is 0 Å². The summed E-state index contributed by atoms with van der Waals surface area (Å²) in [7, 11) is 0. The number of benzene rings is 8. The van der Waals surface area contributed by atoms with Crippen molar-refractivity contribution in [2.45, 2.75) is 5.41 Å². The number of aromatic nitrogens is 1. The molecule has 0 radical (unpaired) electrons. The number of hydrogen-bond donors (Lipinski definition) is 0. The van der Waals surface area contributed by atoms with Gasteiger partial charge in [-0.05, 0) is 85.5 Å². The summed E-state index contributed by atoms with van der Waals surface area (Å²) in [6.07, 6.45) is 0. The monoisotopic (exact) mass is 737 g/mol. The van der Waals surface area contributed by atoms with Crippen LogP contribution in [-0.4, -0.2) is 4.98 Å². The number of nitrogens with zero attached hydrogens (tertiary/aromatic N) is 1. The fraction of sp³-hybridized carbons (Fsp3) is 0.0179. The third-order valence-electron chi connectivity index (χ3n) is 12.3. The fourth-order valence-corrected chi connectivity index (χ4v) is 9.81. The Bertz CT molecular complexity index is 3210. The third kappa shape index (κ3) is 4.76. The van der Waals surface area contributed by atoms with Gasteiger partial charge in [-0.15, -0.1) is 0 Å². The van der Waals surface area contributed by atoms with Crippen molar-refractivity contribution in [3.63, 3.8) is 0 Å². The molecule has 10 aromatic rings. The highest BCUT2D eigenvalue weighted by molar-refractivity contribution is 6.04. The molecule has 0 unspecified atom stereocenters. The van der Waals surface area contributed by atoms with Gasteiger partial charge in [-0.1, -0.05) is 188 Å². The summed E-state index contributed by atoms with van der Waals surface area (Å²) in [5.41, 5.74) is 20.4. The van der Waals surface area contributed by atoms with E-state index in [2.05, 4.69) is 212 Å². The maximum Gasteiger partial charge on any atom is 0.140 e. The Balaban J connectivity index is 1.01. The zero-order chi connectivity index (χ0) is 38.2. The minimum atomic E-state index is -0.490. The van der Waals surface area contributed by atoms with Crippen LogP contribution in [0.1, 0.15) is 22.3 Å². The predicted molar refractivity (Wildman–Crippen MR) is 237 cm³/mol. The summed E-state index contributed by atoms with van der Waals surface area (Å²) >= 11 is 0. The summed E-state index contributed by atoms with van der Waals surface area (Å²) in [4.78, 5) is 5.33. The maximum absolute atomic E-state index is 6.72. The lowest BCUT2D eigenvalue weighted by Gasteiger charge is -2.30. The summed E-state index contributed by atoms with van der Waals surface area (Å²) < 4.78 is 6.72. The van der Waals surface area contributed by atoms with Gasteiger partial charge in [0.25, 0.3) is 0 Å². The molecular weight excluding hydrogens is 703 g/mol. The van der Waals surface area contributed by atoms with E-state index >= 15 is 0 Å². The number of para-hydroxylation sites is 1. The normalized spacial score (nSPS) is 14.6. The highest BCUT2D eigenvalue weighted by Gasteiger charge is 2.54. The molecule has 2 aliphatic rings. The van der Waals surface area contributed by atoms with E-state index in [0.29, 0.717) is 0 Å². The standard InChI is InChI=1S/C56H35NO/c1-3-15-36(16-4-1)40-19-13-20-41(33-40)51-35-42(37-17-5-2-6-18-37)34-50(57-51)39-31-29-38(30-32-39)43-24-14-27-49-53(43)44-21-7-10-25-47(44)56(49)48-26-11-8-22-45(48)55-54(56)46-23-9-12-28-52(46)58-55/h1-35H/t56-/m1/s1. The van der Waals surface area contributed by atoms with Gasteiger partial charge in [0, 0.05) is 27.6 Å². The second-order valence-electron chi connectivity index (χ2n) is 15.4. The molecule has 0 N–H and O–H groups in total. The Kier molecular flexibility index (Phi) is 7.18. The smallest absolute Gasteiger partial charge is 0.140 e. The molecule has 0 saturated carbocycles. The predicted octanol–water partition coefficient (Wildman–Crippen LogP) is 14.5. The zero-order valence-corrected chi connectivity index (χ0v) is 31.6. The van der Waals surface area contributed by atoms with E-state index in [9.17, 15) is 0 Å². The van der Waals surface area contributed by atoms with Crippen LogP contribution in [0.15, 0.2) is 217 Å². The van der Waals surface area contributed by atoms with Crippen LogP contribution in [0.25, 0.3) is 89.3 Å². The molecule has 12 rings (SSSR count). The van der Waals surface area contributed by atoms with Crippen LogP contribution in [-0.2, 0) is 5.41 Å². The number of furan rings is 1. The van der Waals surface area contributed by atoms with Crippen LogP contribution in [0.4, 0.5) is 0 Å². The Hall–Kier alpha value is -7.55. The number of hydrogen-bond acceptors (Lipinski definition) is 2. The van der Waals surface area contributed by atoms with Gasteiger partial charge in [-0.25, -0.2) is 4.98 Å². The Morgan fingerprint density at radius 3 is 1.66 bits per heavy atom. The second kappa shape index (κ2) is 12.7. The molecule has 270 valence electrons. The first kappa shape index (κ1) is 32.7. The number of rotatable bonds is 5. The Labute approximate surface area is 337 Å². The Morgan fingerprint density at radius 2 is 0.879 bits per heavy atom. The van der Waals surface area contributed by atoms with Gasteiger partial charge >= 0.3 is 0 Å². The van der Waals surface area contributed by atoms with Crippen LogP contribution in [0.2, 0.25) is 0 Å². The number of fused-ring (bicyclic) bond motifs is 12. The first-order chi connectivity index (χ1) is 28.8. The number of pyridine rings is 1. The lowest BCUT2D eigenvalue weighted by molar-refractivity contribution is 0.628. The first-order valence-electron chi connectivity index (χ1n) is 20.0. The van der Waals surface area contributed by atoms with Crippen LogP contribution < -0.4 is 0 Å².